The van der Waals surface area contributed by atoms with Crippen LogP contribution in [0.3, 0.4) is 0 Å². The summed E-state index contributed by atoms with van der Waals surface area (Å²) in [5.41, 5.74) is 0. The summed E-state index contributed by atoms with van der Waals surface area (Å²) in [6.45, 7) is 3.80. The molecular weight excluding hydrogens is 327 g/mol. The van der Waals surface area contributed by atoms with Crippen LogP contribution < -0.4 is 15.9 Å². The molecule has 0 heterocycles. The van der Waals surface area contributed by atoms with Crippen LogP contribution in [0.25, 0.3) is 0 Å². The minimum absolute atomic E-state index is 0.154. The second-order valence-electron chi connectivity index (χ2n) is 5.90. The minimum atomic E-state index is -2.53. The van der Waals surface area contributed by atoms with Gasteiger partial charge in [0.15, 0.2) is 0 Å². The molecule has 3 rings (SSSR count). The van der Waals surface area contributed by atoms with Gasteiger partial charge in [0.1, 0.15) is 0 Å². The van der Waals surface area contributed by atoms with E-state index in [2.05, 4.69) is 43.3 Å². The van der Waals surface area contributed by atoms with E-state index in [-0.39, 0.29) is 12.6 Å². The van der Waals surface area contributed by atoms with Crippen molar-refractivity contribution in [3.8, 4) is 0 Å². The van der Waals surface area contributed by atoms with Crippen LogP contribution in [-0.4, -0.2) is 18.7 Å². The summed E-state index contributed by atoms with van der Waals surface area (Å²) in [6, 6.07) is 31.0. The van der Waals surface area contributed by atoms with Crippen molar-refractivity contribution < 1.29 is 9.53 Å². The van der Waals surface area contributed by atoms with Gasteiger partial charge in [-0.15, -0.1) is 0 Å². The van der Waals surface area contributed by atoms with Crippen molar-refractivity contribution in [2.24, 2.45) is 0 Å². The van der Waals surface area contributed by atoms with Crippen LogP contribution in [0.2, 0.25) is 0 Å². The Morgan fingerprint density at radius 3 is 1.40 bits per heavy atom. The Morgan fingerprint density at radius 1 is 0.720 bits per heavy atom. The fraction of sp³-hybridized carbons (Fsp3) is 0.0909. The molecule has 0 saturated carbocycles. The Morgan fingerprint density at radius 2 is 1.08 bits per heavy atom. The summed E-state index contributed by atoms with van der Waals surface area (Å²) >= 11 is 0. The standard InChI is InChI=1S/C22H22O2P/c1-2-24-22(23)18-25(19-12-6-3-7-13-19,20-14-8-4-9-15-20)21-16-10-5-11-17-21/h3-17,25H,1-2,18H2. The second-order valence-corrected chi connectivity index (χ2v) is 9.80. The van der Waals surface area contributed by atoms with E-state index in [1.54, 1.807) is 0 Å². The summed E-state index contributed by atoms with van der Waals surface area (Å²) in [7, 11) is -2.53. The molecule has 0 unspecified atom stereocenters. The van der Waals surface area contributed by atoms with Gasteiger partial charge in [0, 0.05) is 0 Å². The zero-order valence-corrected chi connectivity index (χ0v) is 15.1. The molecule has 0 aliphatic rings. The molecule has 3 aromatic carbocycles. The quantitative estimate of drug-likeness (QED) is 0.505. The molecule has 0 amide bonds. The van der Waals surface area contributed by atoms with Crippen LogP contribution in [-0.2, 0) is 9.53 Å². The topological polar surface area (TPSA) is 26.3 Å². The van der Waals surface area contributed by atoms with Gasteiger partial charge in [-0.05, 0) is 0 Å². The summed E-state index contributed by atoms with van der Waals surface area (Å²) in [4.78, 5) is 12.6. The van der Waals surface area contributed by atoms with E-state index >= 15 is 0 Å². The van der Waals surface area contributed by atoms with Crippen molar-refractivity contribution in [1.82, 2.24) is 0 Å². The van der Waals surface area contributed by atoms with Gasteiger partial charge in [-0.1, -0.05) is 0 Å². The third kappa shape index (κ3) is 3.65. The molecule has 1 radical (unpaired) electrons. The van der Waals surface area contributed by atoms with Gasteiger partial charge < -0.3 is 0 Å². The average Bonchev–Trinajstić information content (AvgIpc) is 2.68. The predicted molar refractivity (Wildman–Crippen MR) is 108 cm³/mol. The number of hydrogen-bond acceptors (Lipinski definition) is 2. The summed E-state index contributed by atoms with van der Waals surface area (Å²) < 4.78 is 5.25. The van der Waals surface area contributed by atoms with Crippen molar-refractivity contribution >= 4 is 29.1 Å². The van der Waals surface area contributed by atoms with Crippen LogP contribution in [0.1, 0.15) is 0 Å². The van der Waals surface area contributed by atoms with Gasteiger partial charge in [-0.2, -0.15) is 0 Å². The zero-order valence-electron chi connectivity index (χ0n) is 14.1. The van der Waals surface area contributed by atoms with Gasteiger partial charge in [-0.25, -0.2) is 0 Å². The van der Waals surface area contributed by atoms with E-state index in [4.69, 9.17) is 4.74 Å². The van der Waals surface area contributed by atoms with E-state index in [1.807, 2.05) is 54.6 Å². The molecule has 0 atom stereocenters. The van der Waals surface area contributed by atoms with Crippen molar-refractivity contribution in [1.29, 1.82) is 0 Å². The first-order chi connectivity index (χ1) is 12.3. The molecular formula is C22H22O2P. The molecule has 2 nitrogen and oxygen atoms in total. The Bertz CT molecular complexity index is 705. The number of ether oxygens (including phenoxy) is 1. The van der Waals surface area contributed by atoms with Gasteiger partial charge in [0.25, 0.3) is 0 Å². The Hall–Kier alpha value is -2.44. The molecule has 0 bridgehead atoms. The fourth-order valence-electron chi connectivity index (χ4n) is 3.36. The number of rotatable bonds is 6. The number of esters is 1. The molecule has 3 aromatic rings. The average molecular weight is 349 g/mol. The van der Waals surface area contributed by atoms with E-state index in [1.165, 1.54) is 15.9 Å². The maximum absolute atomic E-state index is 12.6. The van der Waals surface area contributed by atoms with E-state index in [0.29, 0.717) is 6.16 Å². The molecule has 0 aromatic heterocycles. The third-order valence-electron chi connectivity index (χ3n) is 4.47. The molecule has 25 heavy (non-hydrogen) atoms. The van der Waals surface area contributed by atoms with Crippen molar-refractivity contribution in [2.75, 3.05) is 12.8 Å². The predicted octanol–water partition coefficient (Wildman–Crippen LogP) is 3.09. The molecule has 0 saturated heterocycles. The Balaban J connectivity index is 2.26. The number of benzene rings is 3. The normalized spacial score (nSPS) is 11.7. The molecule has 0 fully saturated rings. The van der Waals surface area contributed by atoms with Crippen molar-refractivity contribution in [3.05, 3.63) is 97.9 Å². The fourth-order valence-corrected chi connectivity index (χ4v) is 7.79. The molecule has 0 N–H and O–H groups in total. The summed E-state index contributed by atoms with van der Waals surface area (Å²) in [5.74, 6) is -0.196. The van der Waals surface area contributed by atoms with Gasteiger partial charge in [0.2, 0.25) is 0 Å². The van der Waals surface area contributed by atoms with Crippen LogP contribution in [0.5, 0.6) is 0 Å². The number of hydrogen-bond donors (Lipinski definition) is 0. The maximum atomic E-state index is 12.6. The molecule has 0 spiro atoms. The van der Waals surface area contributed by atoms with Crippen LogP contribution in [0.15, 0.2) is 91.0 Å². The zero-order chi connectivity index (χ0) is 17.5. The monoisotopic (exact) mass is 349 g/mol. The molecule has 127 valence electrons. The first-order valence-electron chi connectivity index (χ1n) is 8.39. The number of carbonyl (C=O) groups excluding carboxylic acids is 1. The Kier molecular flexibility index (Phi) is 5.63. The van der Waals surface area contributed by atoms with Crippen LogP contribution in [0, 0.1) is 6.92 Å². The molecule has 0 aliphatic heterocycles. The molecule has 3 heteroatoms. The Labute approximate surface area is 149 Å². The third-order valence-corrected chi connectivity index (χ3v) is 9.25. The van der Waals surface area contributed by atoms with Crippen LogP contribution >= 0.6 is 7.26 Å². The number of carbonyl (C=O) groups is 1. The van der Waals surface area contributed by atoms with Crippen molar-refractivity contribution in [3.63, 3.8) is 0 Å². The SMILES string of the molecule is [CH2]COC(=O)C[PH](c1ccccc1)(c1ccccc1)c1ccccc1. The van der Waals surface area contributed by atoms with Gasteiger partial charge >= 0.3 is 149 Å². The first kappa shape index (κ1) is 17.4. The van der Waals surface area contributed by atoms with E-state index < -0.39 is 7.26 Å². The van der Waals surface area contributed by atoms with E-state index in [9.17, 15) is 4.79 Å². The van der Waals surface area contributed by atoms with Gasteiger partial charge in [0.05, 0.1) is 0 Å². The molecule has 0 aliphatic carbocycles. The second kappa shape index (κ2) is 8.09. The van der Waals surface area contributed by atoms with Gasteiger partial charge in [-0.3, -0.25) is 0 Å². The first-order valence-corrected chi connectivity index (χ1v) is 10.6. The summed E-state index contributed by atoms with van der Waals surface area (Å²) in [5, 5.41) is 3.61. The summed E-state index contributed by atoms with van der Waals surface area (Å²) in [6.07, 6.45) is 0.362. The van der Waals surface area contributed by atoms with Crippen molar-refractivity contribution in [2.45, 2.75) is 0 Å². The van der Waals surface area contributed by atoms with Crippen LogP contribution in [0.4, 0.5) is 0 Å². The van der Waals surface area contributed by atoms with E-state index in [0.717, 1.165) is 0 Å².